The van der Waals surface area contributed by atoms with E-state index in [4.69, 9.17) is 30.2 Å². The number of unbranched alkanes of at least 4 members (excludes halogenated alkanes) is 2. The predicted octanol–water partition coefficient (Wildman–Crippen LogP) is -0.873. The number of rotatable bonds is 19. The number of aliphatic hydroxyl groups excluding tert-OH is 1. The Hall–Kier alpha value is -4.19. The van der Waals surface area contributed by atoms with Crippen molar-refractivity contribution in [2.75, 3.05) is 44.4 Å². The van der Waals surface area contributed by atoms with Crippen LogP contribution in [-0.2, 0) is 47.7 Å². The molecule has 2 aliphatic heterocycles. The maximum absolute atomic E-state index is 14.2. The summed E-state index contributed by atoms with van der Waals surface area (Å²) >= 11 is 0. The minimum Gasteiger partial charge on any atom is -0.455 e. The Morgan fingerprint density at radius 2 is 1.88 bits per heavy atom. The molecule has 2 fully saturated rings. The van der Waals surface area contributed by atoms with Crippen LogP contribution in [0.15, 0.2) is 42.4 Å². The number of phosphoric acid groups is 1. The minimum absolute atomic E-state index is 0.00133. The molecule has 26 heteroatoms. The van der Waals surface area contributed by atoms with E-state index in [0.29, 0.717) is 17.4 Å². The quantitative estimate of drug-likeness (QED) is 0.0333. The van der Waals surface area contributed by atoms with Gasteiger partial charge in [-0.2, -0.15) is 4.98 Å². The molecule has 2 aliphatic rings. The second kappa shape index (κ2) is 18.2. The number of carbonyl (C=O) groups is 2. The van der Waals surface area contributed by atoms with Crippen molar-refractivity contribution in [2.45, 2.75) is 81.1 Å². The third-order valence-electron chi connectivity index (χ3n) is 9.27. The smallest absolute Gasteiger partial charge is 0.455 e. The van der Waals surface area contributed by atoms with Gasteiger partial charge in [-0.05, 0) is 18.9 Å². The minimum atomic E-state index is -5.36. The number of carbonyl (C=O) groups excluding carboxylic acids is 2. The molecule has 0 saturated carbocycles. The van der Waals surface area contributed by atoms with Gasteiger partial charge in [0.2, 0.25) is 5.91 Å². The number of hydrogen-bond acceptors (Lipinski definition) is 18. The van der Waals surface area contributed by atoms with Gasteiger partial charge in [0.05, 0.1) is 26.1 Å². The predicted molar refractivity (Wildman–Crippen MR) is 195 cm³/mol. The van der Waals surface area contributed by atoms with Crippen molar-refractivity contribution >= 4 is 50.1 Å². The number of allylic oxidation sites excluding steroid dienone is 1. The molecule has 24 nitrogen and oxygen atoms in total. The number of esters is 1. The van der Waals surface area contributed by atoms with Crippen molar-refractivity contribution in [2.24, 2.45) is 0 Å². The zero-order valence-electron chi connectivity index (χ0n) is 30.6. The van der Waals surface area contributed by atoms with Gasteiger partial charge >= 0.3 is 27.1 Å². The average Bonchev–Trinajstić information content (AvgIpc) is 3.82. The molecule has 9 N–H and O–H groups in total. The number of phosphoric ester groups is 1. The molecule has 0 bridgehead atoms. The summed E-state index contributed by atoms with van der Waals surface area (Å²) < 4.78 is 54.7. The first-order valence-corrected chi connectivity index (χ1v) is 20.8. The van der Waals surface area contributed by atoms with Crippen LogP contribution in [0.25, 0.3) is 11.2 Å². The summed E-state index contributed by atoms with van der Waals surface area (Å²) in [5, 5.41) is 23.4. The number of ether oxygens (including phenoxy) is 3. The maximum atomic E-state index is 14.2. The lowest BCUT2D eigenvalue weighted by molar-refractivity contribution is -0.160. The van der Waals surface area contributed by atoms with E-state index >= 15 is 0 Å². The molecule has 314 valence electrons. The first-order chi connectivity index (χ1) is 26.9. The van der Waals surface area contributed by atoms with Gasteiger partial charge in [-0.1, -0.05) is 25.8 Å². The van der Waals surface area contributed by atoms with Gasteiger partial charge in [0.1, 0.15) is 48.2 Å². The van der Waals surface area contributed by atoms with Crippen LogP contribution >= 0.6 is 15.4 Å². The Balaban J connectivity index is 1.45. The number of nitrogens with two attached hydrogens (primary N) is 2. The summed E-state index contributed by atoms with van der Waals surface area (Å²) in [6.45, 7) is 2.43. The molecular formula is C31H45N9O15P2. The highest BCUT2D eigenvalue weighted by molar-refractivity contribution is 7.53. The normalized spacial score (nSPS) is 26.0. The molecule has 0 aliphatic carbocycles. The number of fused-ring (bicyclic) bond motifs is 1. The fourth-order valence-corrected chi connectivity index (χ4v) is 8.70. The van der Waals surface area contributed by atoms with E-state index in [-0.39, 0.29) is 41.7 Å². The number of hydrogen-bond donors (Lipinski definition) is 7. The summed E-state index contributed by atoms with van der Waals surface area (Å²) in [6, 6.07) is 1.10. The highest BCUT2D eigenvalue weighted by atomic mass is 31.2. The third-order valence-corrected chi connectivity index (χ3v) is 11.7. The van der Waals surface area contributed by atoms with E-state index < -0.39 is 95.5 Å². The van der Waals surface area contributed by atoms with Gasteiger partial charge in [0, 0.05) is 19.2 Å². The van der Waals surface area contributed by atoms with E-state index in [9.17, 15) is 48.4 Å². The van der Waals surface area contributed by atoms with E-state index in [1.54, 1.807) is 6.08 Å². The zero-order valence-corrected chi connectivity index (χ0v) is 32.4. The topological polar surface area (TPSA) is 349 Å². The first-order valence-electron chi connectivity index (χ1n) is 17.6. The van der Waals surface area contributed by atoms with Crippen molar-refractivity contribution in [1.82, 2.24) is 34.0 Å². The van der Waals surface area contributed by atoms with Gasteiger partial charge in [-0.15, -0.1) is 6.58 Å². The summed E-state index contributed by atoms with van der Waals surface area (Å²) in [6.07, 6.45) is -0.603. The monoisotopic (exact) mass is 845 g/mol. The largest absolute Gasteiger partial charge is 0.469 e. The van der Waals surface area contributed by atoms with Gasteiger partial charge < -0.3 is 60.0 Å². The molecule has 1 unspecified atom stereocenters. The Kier molecular flexibility index (Phi) is 14.0. The molecule has 0 radical (unpaired) electrons. The standard InChI is InChI=1S/C31H45N9O15P2/c1-3-5-7-10-38(21(41)8-6-4-2)12-22(42)55-25-18(54-29(24(25)43)39-17-36-23-27(33)34-16-35-28(23)39)13-52-56(46,47)26-19(14-53-57(48,49)50)51-15-31(26,45)40-11-9-20(32)37-30(40)44/h4,9,11,16-19,24-26,29,43,45H,2-3,5-8,10,12-15H2,1H3,(H,46,47)(H2,32,37,44)(H2,33,34,35)(H2,48,49,50)/t18-,19-,24-,25-,26-,29-,31-/m1/s1. The first kappa shape index (κ1) is 43.9. The van der Waals surface area contributed by atoms with Crippen molar-refractivity contribution in [3.8, 4) is 0 Å². The lowest BCUT2D eigenvalue weighted by atomic mass is 10.1. The maximum Gasteiger partial charge on any atom is 0.469 e. The lowest BCUT2D eigenvalue weighted by Crippen LogP contribution is -2.52. The zero-order chi connectivity index (χ0) is 41.7. The molecule has 3 aromatic rings. The van der Waals surface area contributed by atoms with E-state index in [0.717, 1.165) is 31.4 Å². The van der Waals surface area contributed by atoms with Crippen molar-refractivity contribution in [3.05, 3.63) is 48.1 Å². The van der Waals surface area contributed by atoms with Crippen LogP contribution in [-0.4, -0.2) is 134 Å². The fraction of sp³-hybridized carbons (Fsp3) is 0.581. The van der Waals surface area contributed by atoms with Gasteiger partial charge in [0.25, 0.3) is 0 Å². The number of nitrogen functional groups attached to an aromatic ring is 2. The van der Waals surface area contributed by atoms with Crippen molar-refractivity contribution < 1.29 is 66.9 Å². The third kappa shape index (κ3) is 10.1. The van der Waals surface area contributed by atoms with Crippen LogP contribution in [0.1, 0.15) is 45.3 Å². The lowest BCUT2D eigenvalue weighted by Gasteiger charge is -2.34. The molecule has 0 aromatic carbocycles. The van der Waals surface area contributed by atoms with Crippen LogP contribution in [0.4, 0.5) is 11.6 Å². The second-order valence-corrected chi connectivity index (χ2v) is 16.4. The van der Waals surface area contributed by atoms with E-state index in [1.807, 2.05) is 6.92 Å². The Morgan fingerprint density at radius 3 is 2.56 bits per heavy atom. The molecule has 0 spiro atoms. The molecule has 3 aromatic heterocycles. The highest BCUT2D eigenvalue weighted by Crippen LogP contribution is 2.58. The van der Waals surface area contributed by atoms with E-state index in [2.05, 4.69) is 31.0 Å². The van der Waals surface area contributed by atoms with Crippen LogP contribution in [0, 0.1) is 0 Å². The van der Waals surface area contributed by atoms with E-state index in [1.165, 1.54) is 15.8 Å². The van der Waals surface area contributed by atoms with Crippen LogP contribution in [0.5, 0.6) is 0 Å². The summed E-state index contributed by atoms with van der Waals surface area (Å²) in [7, 11) is -10.6. The summed E-state index contributed by atoms with van der Waals surface area (Å²) in [5.74, 6) is -1.56. The number of imidazole rings is 1. The molecular weight excluding hydrogens is 800 g/mol. The summed E-state index contributed by atoms with van der Waals surface area (Å²) in [4.78, 5) is 86.5. The van der Waals surface area contributed by atoms with Gasteiger partial charge in [-0.25, -0.2) is 24.3 Å². The number of anilines is 2. The van der Waals surface area contributed by atoms with Crippen LogP contribution in [0.3, 0.4) is 0 Å². The highest BCUT2D eigenvalue weighted by Gasteiger charge is 2.61. The molecule has 5 heterocycles. The summed E-state index contributed by atoms with van der Waals surface area (Å²) in [5.41, 5.74) is 5.65. The fourth-order valence-electron chi connectivity index (χ4n) is 6.53. The van der Waals surface area contributed by atoms with Crippen molar-refractivity contribution in [3.63, 3.8) is 0 Å². The van der Waals surface area contributed by atoms with Gasteiger partial charge in [0.15, 0.2) is 29.5 Å². The molecule has 8 atom stereocenters. The molecule has 2 saturated heterocycles. The molecule has 57 heavy (non-hydrogen) atoms. The SMILES string of the molecule is C=CCCC(=O)N(CCCCC)CC(=O)O[C@H]1[C@@H](O)[C@H](n2cnc3c(N)ncnc32)O[C@@H]1COP(=O)(O)[C@@H]1[C@@H](COP(=O)(O)O)OC[C@]1(O)n1ccc(N)nc1=O. The molecule has 5 rings (SSSR count). The number of aromatic nitrogens is 6. The van der Waals surface area contributed by atoms with Crippen LogP contribution in [0.2, 0.25) is 0 Å². The molecule has 1 amide bonds. The van der Waals surface area contributed by atoms with Crippen LogP contribution < -0.4 is 17.2 Å². The van der Waals surface area contributed by atoms with Gasteiger partial charge in [-0.3, -0.25) is 27.8 Å². The number of amides is 1. The average molecular weight is 846 g/mol. The van der Waals surface area contributed by atoms with Crippen molar-refractivity contribution in [1.29, 1.82) is 0 Å². The Bertz CT molecular complexity index is 2080. The Morgan fingerprint density at radius 1 is 1.14 bits per heavy atom. The Labute approximate surface area is 324 Å². The number of nitrogens with zero attached hydrogens (tertiary/aromatic N) is 7. The second-order valence-electron chi connectivity index (χ2n) is 13.3. The number of aliphatic hydroxyl groups is 2.